The molecular formula is C17H24N2O2S. The highest BCUT2D eigenvalue weighted by Gasteiger charge is 2.27. The Balaban J connectivity index is 2.77. The maximum absolute atomic E-state index is 13.0. The summed E-state index contributed by atoms with van der Waals surface area (Å²) in [6.45, 7) is 5.84. The van der Waals surface area contributed by atoms with Crippen LogP contribution in [0.4, 0.5) is 5.69 Å². The van der Waals surface area contributed by atoms with E-state index in [1.807, 2.05) is 40.0 Å². The Morgan fingerprint density at radius 3 is 2.41 bits per heavy atom. The van der Waals surface area contributed by atoms with Crippen LogP contribution in [-0.4, -0.2) is 25.7 Å². The minimum Gasteiger partial charge on any atom is -0.388 e. The zero-order valence-electron chi connectivity index (χ0n) is 13.7. The van der Waals surface area contributed by atoms with Crippen molar-refractivity contribution in [2.24, 2.45) is 0 Å². The highest BCUT2D eigenvalue weighted by atomic mass is 32.2. The Kier molecular flexibility index (Phi) is 5.06. The lowest BCUT2D eigenvalue weighted by Crippen LogP contribution is -2.21. The second kappa shape index (κ2) is 6.65. The normalized spacial score (nSPS) is 12.0. The van der Waals surface area contributed by atoms with Crippen LogP contribution in [0.15, 0.2) is 29.3 Å². The highest BCUT2D eigenvalue weighted by Crippen LogP contribution is 2.31. The molecule has 1 aromatic carbocycles. The van der Waals surface area contributed by atoms with Crippen molar-refractivity contribution in [2.45, 2.75) is 50.2 Å². The molecule has 120 valence electrons. The second-order valence-electron chi connectivity index (χ2n) is 5.42. The molecule has 0 saturated carbocycles. The summed E-state index contributed by atoms with van der Waals surface area (Å²) < 4.78 is 26.0. The van der Waals surface area contributed by atoms with Gasteiger partial charge in [-0.15, -0.1) is 0 Å². The average Bonchev–Trinajstić information content (AvgIpc) is 2.53. The summed E-state index contributed by atoms with van der Waals surface area (Å²) in [5, 5.41) is 3.63. The molecule has 0 aliphatic carbocycles. The number of aryl methyl sites for hydroxylation is 1. The molecule has 0 aliphatic rings. The van der Waals surface area contributed by atoms with E-state index in [4.69, 9.17) is 0 Å². The quantitative estimate of drug-likeness (QED) is 0.879. The molecule has 22 heavy (non-hydrogen) atoms. The minimum atomic E-state index is -3.32. The van der Waals surface area contributed by atoms with Gasteiger partial charge in [0.1, 0.15) is 0 Å². The van der Waals surface area contributed by atoms with Crippen molar-refractivity contribution in [2.75, 3.05) is 12.4 Å². The van der Waals surface area contributed by atoms with Crippen molar-refractivity contribution in [3.05, 3.63) is 30.0 Å². The summed E-state index contributed by atoms with van der Waals surface area (Å²) in [5.41, 5.74) is 2.57. The fourth-order valence-electron chi connectivity index (χ4n) is 2.88. The molecule has 0 aliphatic heterocycles. The van der Waals surface area contributed by atoms with E-state index in [1.165, 1.54) is 0 Å². The van der Waals surface area contributed by atoms with Crippen LogP contribution in [-0.2, 0) is 16.3 Å². The third kappa shape index (κ3) is 2.82. The fourth-order valence-corrected chi connectivity index (χ4v) is 4.97. The average molecular weight is 320 g/mol. The Hall–Kier alpha value is -1.62. The molecule has 4 nitrogen and oxygen atoms in total. The van der Waals surface area contributed by atoms with E-state index in [0.29, 0.717) is 24.2 Å². The Morgan fingerprint density at radius 1 is 1.18 bits per heavy atom. The van der Waals surface area contributed by atoms with Gasteiger partial charge in [0.05, 0.1) is 15.7 Å². The predicted octanol–water partition coefficient (Wildman–Crippen LogP) is 3.80. The number of nitrogens with one attached hydrogen (secondary N) is 1. The van der Waals surface area contributed by atoms with Crippen LogP contribution in [0, 0.1) is 0 Å². The van der Waals surface area contributed by atoms with Gasteiger partial charge in [-0.1, -0.05) is 20.8 Å². The Morgan fingerprint density at radius 2 is 1.86 bits per heavy atom. The molecule has 1 aromatic heterocycles. The van der Waals surface area contributed by atoms with Gasteiger partial charge >= 0.3 is 0 Å². The number of benzene rings is 1. The van der Waals surface area contributed by atoms with Crippen molar-refractivity contribution in [3.8, 4) is 0 Å². The summed E-state index contributed by atoms with van der Waals surface area (Å²) >= 11 is 0. The van der Waals surface area contributed by atoms with E-state index in [1.54, 1.807) is 12.3 Å². The highest BCUT2D eigenvalue weighted by molar-refractivity contribution is 7.92. The number of hydrogen-bond donors (Lipinski definition) is 1. The SMILES string of the molecule is CCc1cc2nccc(NC)c2cc1S(=O)(=O)C(CC)CC. The van der Waals surface area contributed by atoms with Crippen LogP contribution < -0.4 is 5.32 Å². The topological polar surface area (TPSA) is 59.1 Å². The number of aromatic nitrogens is 1. The van der Waals surface area contributed by atoms with Crippen LogP contribution in [0.3, 0.4) is 0 Å². The van der Waals surface area contributed by atoms with Crippen molar-refractivity contribution < 1.29 is 8.42 Å². The molecule has 0 bridgehead atoms. The van der Waals surface area contributed by atoms with E-state index in [2.05, 4.69) is 10.3 Å². The second-order valence-corrected chi connectivity index (χ2v) is 7.62. The first kappa shape index (κ1) is 16.7. The van der Waals surface area contributed by atoms with E-state index in [9.17, 15) is 8.42 Å². The number of pyridine rings is 1. The first-order valence-electron chi connectivity index (χ1n) is 7.82. The van der Waals surface area contributed by atoms with E-state index in [-0.39, 0.29) is 5.25 Å². The molecular weight excluding hydrogens is 296 g/mol. The van der Waals surface area contributed by atoms with E-state index < -0.39 is 9.84 Å². The van der Waals surface area contributed by atoms with Crippen molar-refractivity contribution in [1.82, 2.24) is 4.98 Å². The van der Waals surface area contributed by atoms with Crippen LogP contribution in [0.2, 0.25) is 0 Å². The molecule has 5 heteroatoms. The lowest BCUT2D eigenvalue weighted by atomic mass is 10.1. The first-order chi connectivity index (χ1) is 10.5. The lowest BCUT2D eigenvalue weighted by Gasteiger charge is -2.18. The zero-order chi connectivity index (χ0) is 16.3. The number of hydrogen-bond acceptors (Lipinski definition) is 4. The van der Waals surface area contributed by atoms with Gasteiger partial charge in [0.15, 0.2) is 9.84 Å². The molecule has 0 atom stereocenters. The number of fused-ring (bicyclic) bond motifs is 1. The molecule has 0 saturated heterocycles. The summed E-state index contributed by atoms with van der Waals surface area (Å²) in [6.07, 6.45) is 3.68. The maximum Gasteiger partial charge on any atom is 0.181 e. The van der Waals surface area contributed by atoms with Crippen LogP contribution in [0.5, 0.6) is 0 Å². The van der Waals surface area contributed by atoms with Gasteiger partial charge < -0.3 is 5.32 Å². The molecule has 0 fully saturated rings. The van der Waals surface area contributed by atoms with Gasteiger partial charge in [-0.2, -0.15) is 0 Å². The lowest BCUT2D eigenvalue weighted by molar-refractivity contribution is 0.570. The standard InChI is InChI=1S/C17H24N2O2S/c1-5-12-10-16-14(15(18-4)8-9-19-16)11-17(12)22(20,21)13(6-2)7-3/h8-11,13H,5-7H2,1-4H3,(H,18,19). The summed E-state index contributed by atoms with van der Waals surface area (Å²) in [6, 6.07) is 5.56. The molecule has 0 radical (unpaired) electrons. The van der Waals surface area contributed by atoms with E-state index in [0.717, 1.165) is 22.2 Å². The molecule has 0 spiro atoms. The third-order valence-electron chi connectivity index (χ3n) is 4.23. The Labute approximate surface area is 132 Å². The van der Waals surface area contributed by atoms with Gasteiger partial charge in [-0.3, -0.25) is 4.98 Å². The number of nitrogens with zero attached hydrogens (tertiary/aromatic N) is 1. The number of rotatable bonds is 6. The van der Waals surface area contributed by atoms with E-state index >= 15 is 0 Å². The van der Waals surface area contributed by atoms with Crippen molar-refractivity contribution in [3.63, 3.8) is 0 Å². The summed E-state index contributed by atoms with van der Waals surface area (Å²) in [7, 11) is -1.49. The Bertz CT molecular complexity index is 766. The number of anilines is 1. The van der Waals surface area contributed by atoms with Crippen molar-refractivity contribution in [1.29, 1.82) is 0 Å². The van der Waals surface area contributed by atoms with Gasteiger partial charge in [0, 0.05) is 24.3 Å². The molecule has 0 unspecified atom stereocenters. The monoisotopic (exact) mass is 320 g/mol. The molecule has 2 aromatic rings. The minimum absolute atomic E-state index is 0.329. The van der Waals surface area contributed by atoms with Crippen LogP contribution in [0.25, 0.3) is 10.9 Å². The number of sulfone groups is 1. The van der Waals surface area contributed by atoms with Gasteiger partial charge in [0.2, 0.25) is 0 Å². The van der Waals surface area contributed by atoms with Gasteiger partial charge in [-0.25, -0.2) is 8.42 Å². The van der Waals surface area contributed by atoms with Crippen LogP contribution >= 0.6 is 0 Å². The summed E-state index contributed by atoms with van der Waals surface area (Å²) in [5.74, 6) is 0. The van der Waals surface area contributed by atoms with Gasteiger partial charge in [-0.05, 0) is 43.0 Å². The molecule has 1 heterocycles. The van der Waals surface area contributed by atoms with Crippen LogP contribution in [0.1, 0.15) is 39.2 Å². The molecule has 0 amide bonds. The summed E-state index contributed by atoms with van der Waals surface area (Å²) in [4.78, 5) is 4.83. The van der Waals surface area contributed by atoms with Gasteiger partial charge in [0.25, 0.3) is 0 Å². The third-order valence-corrected chi connectivity index (χ3v) is 6.77. The molecule has 2 rings (SSSR count). The maximum atomic E-state index is 13.0. The smallest absolute Gasteiger partial charge is 0.181 e. The first-order valence-corrected chi connectivity index (χ1v) is 9.37. The van der Waals surface area contributed by atoms with Crippen molar-refractivity contribution >= 4 is 26.4 Å². The fraction of sp³-hybridized carbons (Fsp3) is 0.471. The predicted molar refractivity (Wildman–Crippen MR) is 92.2 cm³/mol. The largest absolute Gasteiger partial charge is 0.388 e. The molecule has 1 N–H and O–H groups in total. The zero-order valence-corrected chi connectivity index (χ0v) is 14.5.